The molecule has 2 aromatic heterocycles. The first-order chi connectivity index (χ1) is 11.8. The maximum Gasteiger partial charge on any atom is 0.332 e. The summed E-state index contributed by atoms with van der Waals surface area (Å²) in [6, 6.07) is 6.36. The second kappa shape index (κ2) is 5.83. The number of anilines is 1. The molecular formula is C15H17N7O3. The molecule has 0 unspecified atom stereocenters. The Bertz CT molecular complexity index is 1110. The second-order valence-electron chi connectivity index (χ2n) is 5.51. The van der Waals surface area contributed by atoms with Crippen LogP contribution in [-0.4, -0.2) is 24.2 Å². The van der Waals surface area contributed by atoms with Gasteiger partial charge in [-0.05, 0) is 12.1 Å². The molecule has 0 aliphatic carbocycles. The van der Waals surface area contributed by atoms with Gasteiger partial charge in [-0.25, -0.2) is 10.6 Å². The van der Waals surface area contributed by atoms with Crippen molar-refractivity contribution in [2.45, 2.75) is 0 Å². The molecule has 1 aromatic carbocycles. The van der Waals surface area contributed by atoms with Crippen molar-refractivity contribution in [1.82, 2.24) is 19.1 Å². The van der Waals surface area contributed by atoms with Gasteiger partial charge in [-0.2, -0.15) is 4.98 Å². The zero-order valence-corrected chi connectivity index (χ0v) is 13.6. The van der Waals surface area contributed by atoms with Crippen molar-refractivity contribution in [2.24, 2.45) is 25.7 Å². The van der Waals surface area contributed by atoms with Crippen LogP contribution in [0.5, 0.6) is 5.75 Å². The van der Waals surface area contributed by atoms with Gasteiger partial charge in [-0.15, -0.1) is 0 Å². The number of rotatable bonds is 3. The van der Waals surface area contributed by atoms with E-state index in [-0.39, 0.29) is 28.6 Å². The molecule has 0 fully saturated rings. The maximum absolute atomic E-state index is 12.2. The summed E-state index contributed by atoms with van der Waals surface area (Å²) < 4.78 is 2.22. The Labute approximate surface area is 141 Å². The summed E-state index contributed by atoms with van der Waals surface area (Å²) in [7, 11) is 2.89. The number of fused-ring (bicyclic) bond motifs is 1. The lowest BCUT2D eigenvalue weighted by Gasteiger charge is -2.11. The lowest BCUT2D eigenvalue weighted by atomic mass is 10.1. The highest BCUT2D eigenvalue weighted by atomic mass is 16.3. The van der Waals surface area contributed by atoms with E-state index in [2.05, 4.69) is 9.97 Å². The zero-order valence-electron chi connectivity index (χ0n) is 13.6. The standard InChI is InChI=1S/C15H17N7O3/c1-20-12-11(13(24)21(2)15(20)25)18-14(19-12)22(17)7-10(16)8-4-3-5-9(23)6-8/h3-7,23H,16-17H2,1-2H3,(H,18,19)/b10-7-. The van der Waals surface area contributed by atoms with E-state index in [4.69, 9.17) is 11.6 Å². The summed E-state index contributed by atoms with van der Waals surface area (Å²) in [6.07, 6.45) is 1.38. The molecule has 130 valence electrons. The Morgan fingerprint density at radius 3 is 2.72 bits per heavy atom. The number of hydrazine groups is 1. The van der Waals surface area contributed by atoms with E-state index >= 15 is 0 Å². The van der Waals surface area contributed by atoms with Gasteiger partial charge in [-0.3, -0.25) is 18.9 Å². The summed E-state index contributed by atoms with van der Waals surface area (Å²) in [6.45, 7) is 0. The van der Waals surface area contributed by atoms with Gasteiger partial charge < -0.3 is 15.8 Å². The summed E-state index contributed by atoms with van der Waals surface area (Å²) >= 11 is 0. The van der Waals surface area contributed by atoms with Crippen LogP contribution in [0.2, 0.25) is 0 Å². The topological polar surface area (TPSA) is 148 Å². The van der Waals surface area contributed by atoms with Crippen LogP contribution >= 0.6 is 0 Å². The number of imidazole rings is 1. The average Bonchev–Trinajstić information content (AvgIpc) is 3.03. The van der Waals surface area contributed by atoms with E-state index in [0.717, 1.165) is 9.58 Å². The zero-order chi connectivity index (χ0) is 18.3. The smallest absolute Gasteiger partial charge is 0.332 e. The van der Waals surface area contributed by atoms with Gasteiger partial charge in [0.1, 0.15) is 5.75 Å². The number of phenolic OH excluding ortho intramolecular Hbond substituents is 1. The molecule has 0 amide bonds. The third kappa shape index (κ3) is 2.74. The molecule has 10 heteroatoms. The van der Waals surface area contributed by atoms with Crippen LogP contribution in [0.1, 0.15) is 5.56 Å². The van der Waals surface area contributed by atoms with Crippen LogP contribution < -0.4 is 27.8 Å². The molecule has 2 heterocycles. The minimum absolute atomic E-state index is 0.0691. The highest BCUT2D eigenvalue weighted by molar-refractivity contribution is 5.74. The molecule has 0 spiro atoms. The number of aromatic hydroxyl groups is 1. The third-order valence-corrected chi connectivity index (χ3v) is 3.78. The quantitative estimate of drug-likeness (QED) is 0.363. The van der Waals surface area contributed by atoms with Crippen molar-refractivity contribution in [2.75, 3.05) is 5.01 Å². The number of aromatic nitrogens is 4. The first-order valence-corrected chi connectivity index (χ1v) is 7.26. The van der Waals surface area contributed by atoms with Gasteiger partial charge >= 0.3 is 5.69 Å². The van der Waals surface area contributed by atoms with Gasteiger partial charge in [0.05, 0.1) is 5.70 Å². The van der Waals surface area contributed by atoms with Crippen LogP contribution in [0.15, 0.2) is 40.1 Å². The number of aromatic amines is 1. The molecule has 3 rings (SSSR count). The molecule has 0 atom stereocenters. The van der Waals surface area contributed by atoms with Crippen molar-refractivity contribution in [3.05, 3.63) is 56.9 Å². The largest absolute Gasteiger partial charge is 0.508 e. The Balaban J connectivity index is 2.06. The van der Waals surface area contributed by atoms with Gasteiger partial charge in [-0.1, -0.05) is 12.1 Å². The predicted molar refractivity (Wildman–Crippen MR) is 93.5 cm³/mol. The summed E-state index contributed by atoms with van der Waals surface area (Å²) in [4.78, 5) is 31.1. The normalized spacial score (nSPS) is 11.9. The van der Waals surface area contributed by atoms with Crippen LogP contribution in [0.3, 0.4) is 0 Å². The molecule has 10 nitrogen and oxygen atoms in total. The van der Waals surface area contributed by atoms with Crippen molar-refractivity contribution in [3.63, 3.8) is 0 Å². The second-order valence-corrected chi connectivity index (χ2v) is 5.51. The number of nitrogens with two attached hydrogens (primary N) is 2. The Kier molecular flexibility index (Phi) is 3.81. The molecular weight excluding hydrogens is 326 g/mol. The Morgan fingerprint density at radius 1 is 1.32 bits per heavy atom. The van der Waals surface area contributed by atoms with Crippen molar-refractivity contribution < 1.29 is 5.11 Å². The Morgan fingerprint density at radius 2 is 2.04 bits per heavy atom. The van der Waals surface area contributed by atoms with E-state index in [0.29, 0.717) is 5.56 Å². The van der Waals surface area contributed by atoms with Gasteiger partial charge in [0.15, 0.2) is 11.2 Å². The minimum atomic E-state index is -0.504. The number of hydrogen-bond acceptors (Lipinski definition) is 7. The van der Waals surface area contributed by atoms with Crippen LogP contribution in [0.4, 0.5) is 5.95 Å². The summed E-state index contributed by atoms with van der Waals surface area (Å²) in [5, 5.41) is 10.6. The first kappa shape index (κ1) is 16.3. The molecule has 6 N–H and O–H groups in total. The minimum Gasteiger partial charge on any atom is -0.508 e. The number of hydrogen-bond donors (Lipinski definition) is 4. The van der Waals surface area contributed by atoms with Crippen LogP contribution in [0.25, 0.3) is 16.9 Å². The fourth-order valence-corrected chi connectivity index (χ4v) is 2.41. The van der Waals surface area contributed by atoms with E-state index in [1.807, 2.05) is 0 Å². The van der Waals surface area contributed by atoms with Gasteiger partial charge in [0, 0.05) is 25.9 Å². The van der Waals surface area contributed by atoms with Crippen LogP contribution in [0, 0.1) is 0 Å². The summed E-state index contributed by atoms with van der Waals surface area (Å²) in [5.74, 6) is 6.14. The number of aryl methyl sites for hydroxylation is 1. The molecule has 0 radical (unpaired) electrons. The number of benzene rings is 1. The predicted octanol–water partition coefficient (Wildman–Crippen LogP) is -0.697. The van der Waals surface area contributed by atoms with E-state index < -0.39 is 11.2 Å². The number of phenols is 1. The van der Waals surface area contributed by atoms with Crippen molar-refractivity contribution in [1.29, 1.82) is 0 Å². The lowest BCUT2D eigenvalue weighted by Crippen LogP contribution is -2.36. The maximum atomic E-state index is 12.2. The van der Waals surface area contributed by atoms with Crippen LogP contribution in [-0.2, 0) is 14.1 Å². The number of nitrogens with zero attached hydrogens (tertiary/aromatic N) is 4. The highest BCUT2D eigenvalue weighted by Crippen LogP contribution is 2.17. The van der Waals surface area contributed by atoms with E-state index in [1.54, 1.807) is 12.1 Å². The highest BCUT2D eigenvalue weighted by Gasteiger charge is 2.15. The molecule has 0 aliphatic rings. The summed E-state index contributed by atoms with van der Waals surface area (Å²) in [5.41, 5.74) is 6.15. The van der Waals surface area contributed by atoms with Gasteiger partial charge in [0.25, 0.3) is 5.56 Å². The molecule has 0 saturated carbocycles. The molecule has 0 bridgehead atoms. The molecule has 25 heavy (non-hydrogen) atoms. The fourth-order valence-electron chi connectivity index (χ4n) is 2.41. The van der Waals surface area contributed by atoms with Crippen molar-refractivity contribution >= 4 is 22.8 Å². The van der Waals surface area contributed by atoms with E-state index in [9.17, 15) is 14.7 Å². The molecule has 0 aliphatic heterocycles. The SMILES string of the molecule is Cn1c(=O)c2[nH]c(N(N)/C=C(\N)c3cccc(O)c3)nc2n(C)c1=O. The monoisotopic (exact) mass is 343 g/mol. The Hall–Kier alpha value is -3.53. The number of nitrogens with one attached hydrogen (secondary N) is 1. The van der Waals surface area contributed by atoms with Crippen molar-refractivity contribution in [3.8, 4) is 5.75 Å². The third-order valence-electron chi connectivity index (χ3n) is 3.78. The number of H-pyrrole nitrogens is 1. The molecule has 3 aromatic rings. The molecule has 0 saturated heterocycles. The lowest BCUT2D eigenvalue weighted by molar-refractivity contribution is 0.475. The fraction of sp³-hybridized carbons (Fsp3) is 0.133. The van der Waals surface area contributed by atoms with E-state index in [1.165, 1.54) is 37.0 Å². The van der Waals surface area contributed by atoms with Gasteiger partial charge in [0.2, 0.25) is 5.95 Å². The first-order valence-electron chi connectivity index (χ1n) is 7.26. The average molecular weight is 343 g/mol.